The van der Waals surface area contributed by atoms with Crippen molar-refractivity contribution < 1.29 is 20.1 Å². The van der Waals surface area contributed by atoms with Gasteiger partial charge in [-0.15, -0.1) is 0 Å². The van der Waals surface area contributed by atoms with Gasteiger partial charge in [0.1, 0.15) is 0 Å². The highest BCUT2D eigenvalue weighted by Crippen LogP contribution is 2.25. The molecule has 94 valence electrons. The number of aliphatic hydroxyl groups is 2. The number of aromatic carboxylic acids is 1. The van der Waals surface area contributed by atoms with Crippen LogP contribution in [0.4, 0.5) is 5.69 Å². The van der Waals surface area contributed by atoms with Gasteiger partial charge >= 0.3 is 5.97 Å². The minimum Gasteiger partial charge on any atom is -0.478 e. The molecule has 6 heteroatoms. The van der Waals surface area contributed by atoms with Gasteiger partial charge in [0, 0.05) is 11.6 Å². The van der Waals surface area contributed by atoms with Crippen molar-refractivity contribution in [2.24, 2.45) is 0 Å². The van der Waals surface area contributed by atoms with Crippen LogP contribution in [0.25, 0.3) is 0 Å². The van der Waals surface area contributed by atoms with E-state index < -0.39 is 18.7 Å². The molecule has 0 spiro atoms. The molecule has 0 bridgehead atoms. The minimum atomic E-state index is -1.08. The molecule has 0 aromatic heterocycles. The van der Waals surface area contributed by atoms with Crippen molar-refractivity contribution in [3.8, 4) is 0 Å². The van der Waals surface area contributed by atoms with Crippen molar-refractivity contribution in [3.05, 3.63) is 28.3 Å². The Morgan fingerprint density at radius 1 is 1.53 bits per heavy atom. The number of anilines is 1. The van der Waals surface area contributed by atoms with Crippen LogP contribution in [0.15, 0.2) is 12.1 Å². The monoisotopic (exact) mass is 259 g/mol. The molecule has 0 saturated carbocycles. The number of carboxylic acids is 1. The largest absolute Gasteiger partial charge is 0.478 e. The summed E-state index contributed by atoms with van der Waals surface area (Å²) in [7, 11) is 0. The standard InChI is InChI=1S/C11H14ClNO4/c1-6-2-8(11(16)17)10(3-9(6)12)13-4-7(15)5-14/h2-3,7,13-15H,4-5H2,1H3,(H,16,17). The topological polar surface area (TPSA) is 89.8 Å². The number of halogens is 1. The number of benzene rings is 1. The van der Waals surface area contributed by atoms with Gasteiger partial charge in [-0.1, -0.05) is 11.6 Å². The van der Waals surface area contributed by atoms with E-state index >= 15 is 0 Å². The maximum atomic E-state index is 11.0. The zero-order valence-corrected chi connectivity index (χ0v) is 10.0. The Kier molecular flexibility index (Phi) is 4.74. The third-order valence-corrected chi connectivity index (χ3v) is 2.68. The molecular formula is C11H14ClNO4. The lowest BCUT2D eigenvalue weighted by Gasteiger charge is -2.13. The van der Waals surface area contributed by atoms with Crippen molar-refractivity contribution >= 4 is 23.3 Å². The van der Waals surface area contributed by atoms with Gasteiger partial charge in [0.25, 0.3) is 0 Å². The van der Waals surface area contributed by atoms with Crippen LogP contribution < -0.4 is 5.32 Å². The van der Waals surface area contributed by atoms with Crippen molar-refractivity contribution in [2.45, 2.75) is 13.0 Å². The van der Waals surface area contributed by atoms with Gasteiger partial charge in [-0.25, -0.2) is 4.79 Å². The van der Waals surface area contributed by atoms with Crippen molar-refractivity contribution in [1.29, 1.82) is 0 Å². The molecule has 1 atom stereocenters. The van der Waals surface area contributed by atoms with Crippen molar-refractivity contribution in [1.82, 2.24) is 0 Å². The maximum absolute atomic E-state index is 11.0. The number of hydrogen-bond acceptors (Lipinski definition) is 4. The molecule has 1 aromatic rings. The van der Waals surface area contributed by atoms with Gasteiger partial charge in [-0.3, -0.25) is 0 Å². The Labute approximate surface area is 104 Å². The summed E-state index contributed by atoms with van der Waals surface area (Å²) in [5.74, 6) is -1.08. The van der Waals surface area contributed by atoms with Crippen LogP contribution in [0.2, 0.25) is 5.02 Å². The molecule has 17 heavy (non-hydrogen) atoms. The van der Waals surface area contributed by atoms with E-state index in [4.69, 9.17) is 21.8 Å². The molecule has 0 aliphatic heterocycles. The van der Waals surface area contributed by atoms with Gasteiger partial charge in [0.15, 0.2) is 0 Å². The normalized spacial score (nSPS) is 12.2. The summed E-state index contributed by atoms with van der Waals surface area (Å²) >= 11 is 5.89. The van der Waals surface area contributed by atoms with E-state index in [2.05, 4.69) is 5.32 Å². The van der Waals surface area contributed by atoms with Crippen LogP contribution in [0.1, 0.15) is 15.9 Å². The molecule has 0 aliphatic rings. The molecule has 0 radical (unpaired) electrons. The first kappa shape index (κ1) is 13.8. The van der Waals surface area contributed by atoms with Gasteiger partial charge < -0.3 is 20.6 Å². The number of nitrogens with one attached hydrogen (secondary N) is 1. The summed E-state index contributed by atoms with van der Waals surface area (Å²) in [6, 6.07) is 2.95. The highest BCUT2D eigenvalue weighted by Gasteiger charge is 2.13. The number of rotatable bonds is 5. The van der Waals surface area contributed by atoms with Crippen LogP contribution in [-0.4, -0.2) is 40.5 Å². The highest BCUT2D eigenvalue weighted by atomic mass is 35.5. The molecule has 0 amide bonds. The average Bonchev–Trinajstić information content (AvgIpc) is 2.29. The molecule has 1 aromatic carbocycles. The van der Waals surface area contributed by atoms with E-state index in [1.165, 1.54) is 12.1 Å². The fourth-order valence-corrected chi connectivity index (χ4v) is 1.46. The predicted octanol–water partition coefficient (Wildman–Crippen LogP) is 1.11. The second-order valence-corrected chi connectivity index (χ2v) is 4.08. The van der Waals surface area contributed by atoms with Gasteiger partial charge in [-0.2, -0.15) is 0 Å². The molecule has 0 saturated heterocycles. The highest BCUT2D eigenvalue weighted by molar-refractivity contribution is 6.31. The number of carbonyl (C=O) groups is 1. The number of hydrogen-bond donors (Lipinski definition) is 4. The lowest BCUT2D eigenvalue weighted by molar-refractivity contribution is 0.0697. The average molecular weight is 260 g/mol. The number of carboxylic acid groups (broad SMARTS) is 1. The Morgan fingerprint density at radius 2 is 2.18 bits per heavy atom. The summed E-state index contributed by atoms with van der Waals surface area (Å²) in [5, 5.41) is 30.0. The second-order valence-electron chi connectivity index (χ2n) is 3.67. The van der Waals surface area contributed by atoms with Gasteiger partial charge in [0.05, 0.1) is 24.0 Å². The molecule has 0 fully saturated rings. The Balaban J connectivity index is 2.96. The minimum absolute atomic E-state index is 0.0518. The Hall–Kier alpha value is -1.30. The van der Waals surface area contributed by atoms with Gasteiger partial charge in [0.2, 0.25) is 0 Å². The summed E-state index contributed by atoms with van der Waals surface area (Å²) < 4.78 is 0. The smallest absolute Gasteiger partial charge is 0.337 e. The molecule has 4 N–H and O–H groups in total. The SMILES string of the molecule is Cc1cc(C(=O)O)c(NCC(O)CO)cc1Cl. The fraction of sp³-hybridized carbons (Fsp3) is 0.364. The van der Waals surface area contributed by atoms with Crippen LogP contribution >= 0.6 is 11.6 Å². The molecule has 0 aliphatic carbocycles. The fourth-order valence-electron chi connectivity index (χ4n) is 1.30. The van der Waals surface area contributed by atoms with Crippen LogP contribution in [0.3, 0.4) is 0 Å². The first-order chi connectivity index (χ1) is 7.95. The van der Waals surface area contributed by atoms with Crippen LogP contribution in [0, 0.1) is 6.92 Å². The zero-order chi connectivity index (χ0) is 13.0. The first-order valence-corrected chi connectivity index (χ1v) is 5.39. The van der Waals surface area contributed by atoms with Crippen molar-refractivity contribution in [2.75, 3.05) is 18.5 Å². The number of aryl methyl sites for hydroxylation is 1. The van der Waals surface area contributed by atoms with Crippen LogP contribution in [-0.2, 0) is 0 Å². The third-order valence-electron chi connectivity index (χ3n) is 2.27. The Morgan fingerprint density at radius 3 is 2.71 bits per heavy atom. The lowest BCUT2D eigenvalue weighted by atomic mass is 10.1. The second kappa shape index (κ2) is 5.86. The number of aliphatic hydroxyl groups excluding tert-OH is 2. The summed E-state index contributed by atoms with van der Waals surface area (Å²) in [6.07, 6.45) is -0.947. The van der Waals surface area contributed by atoms with Crippen molar-refractivity contribution in [3.63, 3.8) is 0 Å². The molecule has 5 nitrogen and oxygen atoms in total. The van der Waals surface area contributed by atoms with E-state index in [0.29, 0.717) is 16.3 Å². The predicted molar refractivity (Wildman–Crippen MR) is 64.7 cm³/mol. The maximum Gasteiger partial charge on any atom is 0.337 e. The summed E-state index contributed by atoms with van der Waals surface area (Å²) in [6.45, 7) is 1.37. The molecule has 0 heterocycles. The van der Waals surface area contributed by atoms with Crippen LogP contribution in [0.5, 0.6) is 0 Å². The molecule has 1 unspecified atom stereocenters. The summed E-state index contributed by atoms with van der Waals surface area (Å²) in [4.78, 5) is 11.0. The van der Waals surface area contributed by atoms with E-state index in [0.717, 1.165) is 0 Å². The zero-order valence-electron chi connectivity index (χ0n) is 9.27. The lowest BCUT2D eigenvalue weighted by Crippen LogP contribution is -2.23. The third kappa shape index (κ3) is 3.59. The first-order valence-electron chi connectivity index (χ1n) is 5.02. The van der Waals surface area contributed by atoms with Gasteiger partial charge in [-0.05, 0) is 24.6 Å². The molecular weight excluding hydrogens is 246 g/mol. The van der Waals surface area contributed by atoms with E-state index in [-0.39, 0.29) is 12.1 Å². The van der Waals surface area contributed by atoms with E-state index in [9.17, 15) is 9.90 Å². The van der Waals surface area contributed by atoms with E-state index in [1.54, 1.807) is 6.92 Å². The quantitative estimate of drug-likeness (QED) is 0.636. The molecule has 1 rings (SSSR count). The van der Waals surface area contributed by atoms with E-state index in [1.807, 2.05) is 0 Å². The summed E-state index contributed by atoms with van der Waals surface area (Å²) in [5.41, 5.74) is 1.06. The Bertz CT molecular complexity index is 422.